The second kappa shape index (κ2) is 11.2. The van der Waals surface area contributed by atoms with Gasteiger partial charge in [-0.3, -0.25) is 4.68 Å². The summed E-state index contributed by atoms with van der Waals surface area (Å²) in [6.07, 6.45) is 0.611. The minimum Gasteiger partial charge on any atom is -0.508 e. The van der Waals surface area contributed by atoms with Crippen molar-refractivity contribution >= 4 is 5.57 Å². The number of hydrogen-bond acceptors (Lipinski definition) is 2. The van der Waals surface area contributed by atoms with Gasteiger partial charge in [0.1, 0.15) is 5.75 Å². The third kappa shape index (κ3) is 7.83. The zero-order chi connectivity index (χ0) is 24.6. The Balaban J connectivity index is 0.000000294. The fraction of sp³-hybridized carbons (Fsp3) is 0.375. The predicted molar refractivity (Wildman–Crippen MR) is 115 cm³/mol. The van der Waals surface area contributed by atoms with E-state index in [-0.39, 0.29) is 5.75 Å². The molecular formula is C24H26F6N2O. The normalized spacial score (nSPS) is 15.3. The van der Waals surface area contributed by atoms with Crippen molar-refractivity contribution in [2.45, 2.75) is 58.4 Å². The zero-order valence-electron chi connectivity index (χ0n) is 18.3. The minimum atomic E-state index is -4.35. The summed E-state index contributed by atoms with van der Waals surface area (Å²) in [5.74, 6) is -0.169. The van der Waals surface area contributed by atoms with Gasteiger partial charge in [0, 0.05) is 17.8 Å². The van der Waals surface area contributed by atoms with E-state index >= 15 is 0 Å². The Kier molecular flexibility index (Phi) is 8.96. The van der Waals surface area contributed by atoms with E-state index in [9.17, 15) is 26.3 Å². The Hall–Kier alpha value is -2.97. The molecule has 0 amide bonds. The zero-order valence-corrected chi connectivity index (χ0v) is 18.3. The summed E-state index contributed by atoms with van der Waals surface area (Å²) in [4.78, 5) is 0. The standard InChI is InChI=1S/C17H21F3N2.C7H5F3O/c1-3-7-13(11-14(8-4-2)17(18,19)20)16-12-15-9-5-6-10-22(15)21-16;8-7(9,10)5-1-3-6(11)4-2-5/h3,7-8,11-12H,4-6,9-10H2,1-2H3;1-4,11H/b7-3-,13-11+,14-8-;. The molecule has 0 saturated heterocycles. The van der Waals surface area contributed by atoms with Crippen LogP contribution >= 0.6 is 0 Å². The van der Waals surface area contributed by atoms with E-state index in [1.165, 1.54) is 12.2 Å². The van der Waals surface area contributed by atoms with Crippen molar-refractivity contribution in [3.8, 4) is 5.75 Å². The van der Waals surface area contributed by atoms with Gasteiger partial charge in [-0.1, -0.05) is 25.2 Å². The molecule has 0 saturated carbocycles. The summed E-state index contributed by atoms with van der Waals surface area (Å²) in [5.41, 5.74) is 0.844. The van der Waals surface area contributed by atoms with Crippen molar-refractivity contribution in [2.75, 3.05) is 0 Å². The number of aromatic hydroxyl groups is 1. The summed E-state index contributed by atoms with van der Waals surface area (Å²) < 4.78 is 76.7. The minimum absolute atomic E-state index is 0.169. The van der Waals surface area contributed by atoms with Crippen LogP contribution in [0.25, 0.3) is 5.57 Å². The summed E-state index contributed by atoms with van der Waals surface area (Å²) in [6.45, 7) is 4.33. The molecule has 180 valence electrons. The average molecular weight is 472 g/mol. The topological polar surface area (TPSA) is 38.0 Å². The fourth-order valence-electron chi connectivity index (χ4n) is 3.24. The van der Waals surface area contributed by atoms with Crippen molar-refractivity contribution in [1.82, 2.24) is 9.78 Å². The van der Waals surface area contributed by atoms with Crippen molar-refractivity contribution in [3.63, 3.8) is 0 Å². The molecule has 0 spiro atoms. The van der Waals surface area contributed by atoms with Crippen LogP contribution in [-0.4, -0.2) is 21.1 Å². The maximum atomic E-state index is 13.1. The number of alkyl halides is 6. The molecule has 0 bridgehead atoms. The van der Waals surface area contributed by atoms with Crippen molar-refractivity contribution in [1.29, 1.82) is 0 Å². The second-order valence-corrected chi connectivity index (χ2v) is 7.41. The molecule has 0 unspecified atom stereocenters. The number of benzene rings is 1. The Morgan fingerprint density at radius 2 is 1.76 bits per heavy atom. The van der Waals surface area contributed by atoms with Crippen LogP contribution in [0.3, 0.4) is 0 Å². The lowest BCUT2D eigenvalue weighted by molar-refractivity contribution is -0.137. The first-order valence-corrected chi connectivity index (χ1v) is 10.5. The molecule has 1 aliphatic heterocycles. The first kappa shape index (κ1) is 26.3. The first-order chi connectivity index (χ1) is 15.5. The molecule has 1 aromatic carbocycles. The van der Waals surface area contributed by atoms with Crippen LogP contribution in [-0.2, 0) is 19.1 Å². The number of allylic oxidation sites excluding steroid dienone is 6. The van der Waals surface area contributed by atoms with Gasteiger partial charge in [-0.2, -0.15) is 31.4 Å². The predicted octanol–water partition coefficient (Wildman–Crippen LogP) is 7.49. The third-order valence-electron chi connectivity index (χ3n) is 4.82. The SMILES string of the molecule is C\C=C/C(=C\C(=C\CC)C(F)(F)F)c1cc2n(n1)CCCC2.Oc1ccc(C(F)(F)F)cc1. The lowest BCUT2D eigenvalue weighted by Crippen LogP contribution is -2.11. The number of aromatic nitrogens is 2. The number of hydrogen-bond donors (Lipinski definition) is 1. The van der Waals surface area contributed by atoms with Gasteiger partial charge in [0.25, 0.3) is 0 Å². The molecule has 1 N–H and O–H groups in total. The summed E-state index contributed by atoms with van der Waals surface area (Å²) in [6, 6.07) is 5.57. The van der Waals surface area contributed by atoms with Gasteiger partial charge in [-0.05, 0) is 69.0 Å². The van der Waals surface area contributed by atoms with E-state index < -0.39 is 23.5 Å². The van der Waals surface area contributed by atoms with E-state index in [1.807, 2.05) is 10.7 Å². The smallest absolute Gasteiger partial charge is 0.416 e. The summed E-state index contributed by atoms with van der Waals surface area (Å²) in [7, 11) is 0. The number of phenols is 1. The van der Waals surface area contributed by atoms with Gasteiger partial charge >= 0.3 is 12.4 Å². The Morgan fingerprint density at radius 3 is 2.27 bits per heavy atom. The lowest BCUT2D eigenvalue weighted by atomic mass is 10.0. The highest BCUT2D eigenvalue weighted by atomic mass is 19.4. The number of nitrogens with zero attached hydrogens (tertiary/aromatic N) is 2. The number of phenolic OH excluding ortho intramolecular Hbond substituents is 1. The molecule has 2 aromatic rings. The summed E-state index contributed by atoms with van der Waals surface area (Å²) >= 11 is 0. The van der Waals surface area contributed by atoms with Crippen molar-refractivity contribution in [3.05, 3.63) is 77.2 Å². The van der Waals surface area contributed by atoms with Crippen molar-refractivity contribution in [2.24, 2.45) is 0 Å². The molecule has 33 heavy (non-hydrogen) atoms. The van der Waals surface area contributed by atoms with Gasteiger partial charge in [0.2, 0.25) is 0 Å². The molecule has 0 aliphatic carbocycles. The molecule has 1 aliphatic rings. The van der Waals surface area contributed by atoms with Gasteiger partial charge in [-0.15, -0.1) is 0 Å². The first-order valence-electron chi connectivity index (χ1n) is 10.5. The van der Waals surface area contributed by atoms with Gasteiger partial charge in [0.05, 0.1) is 16.8 Å². The van der Waals surface area contributed by atoms with Crippen molar-refractivity contribution < 1.29 is 31.4 Å². The Bertz CT molecular complexity index is 972. The number of fused-ring (bicyclic) bond motifs is 1. The van der Waals surface area contributed by atoms with Crippen LogP contribution < -0.4 is 0 Å². The Labute approximate surface area is 188 Å². The molecule has 0 atom stereocenters. The number of rotatable bonds is 4. The highest BCUT2D eigenvalue weighted by molar-refractivity contribution is 5.74. The lowest BCUT2D eigenvalue weighted by Gasteiger charge is -2.11. The van der Waals surface area contributed by atoms with E-state index in [4.69, 9.17) is 5.11 Å². The number of halogens is 6. The number of aryl methyl sites for hydroxylation is 2. The molecule has 0 radical (unpaired) electrons. The molecule has 0 fully saturated rings. The fourth-order valence-corrected chi connectivity index (χ4v) is 3.24. The van der Waals surface area contributed by atoms with Gasteiger partial charge < -0.3 is 5.11 Å². The second-order valence-electron chi connectivity index (χ2n) is 7.41. The van der Waals surface area contributed by atoms with Crippen LogP contribution in [0.15, 0.2) is 60.2 Å². The van der Waals surface area contributed by atoms with E-state index in [0.29, 0.717) is 17.7 Å². The summed E-state index contributed by atoms with van der Waals surface area (Å²) in [5, 5.41) is 13.1. The Morgan fingerprint density at radius 1 is 1.09 bits per heavy atom. The molecule has 1 aromatic heterocycles. The van der Waals surface area contributed by atoms with Crippen LogP contribution in [0.5, 0.6) is 5.75 Å². The van der Waals surface area contributed by atoms with Gasteiger partial charge in [-0.25, -0.2) is 0 Å². The van der Waals surface area contributed by atoms with Crippen LogP contribution in [0, 0.1) is 0 Å². The monoisotopic (exact) mass is 472 g/mol. The average Bonchev–Trinajstić information content (AvgIpc) is 3.16. The van der Waals surface area contributed by atoms with Crippen LogP contribution in [0.1, 0.15) is 50.1 Å². The van der Waals surface area contributed by atoms with E-state index in [2.05, 4.69) is 5.10 Å². The highest BCUT2D eigenvalue weighted by Gasteiger charge is 2.32. The van der Waals surface area contributed by atoms with Crippen LogP contribution in [0.2, 0.25) is 0 Å². The molecule has 3 nitrogen and oxygen atoms in total. The molecule has 3 rings (SSSR count). The molecule has 9 heteroatoms. The molecular weight excluding hydrogens is 446 g/mol. The quantitative estimate of drug-likeness (QED) is 0.370. The van der Waals surface area contributed by atoms with Gasteiger partial charge in [0.15, 0.2) is 0 Å². The molecule has 2 heterocycles. The largest absolute Gasteiger partial charge is 0.508 e. The maximum absolute atomic E-state index is 13.1. The highest BCUT2D eigenvalue weighted by Crippen LogP contribution is 2.31. The van der Waals surface area contributed by atoms with E-state index in [0.717, 1.165) is 55.8 Å². The van der Waals surface area contributed by atoms with Crippen LogP contribution in [0.4, 0.5) is 26.3 Å². The third-order valence-corrected chi connectivity index (χ3v) is 4.82. The maximum Gasteiger partial charge on any atom is 0.416 e. The van der Waals surface area contributed by atoms with E-state index in [1.54, 1.807) is 26.0 Å².